The second kappa shape index (κ2) is 13.9. The molecule has 0 aliphatic heterocycles. The standard InChI is InChI=1S/C29H38N8O5/c1-35(2)23(38)15-9-8-14-21(42-29(41)36(3)4)27(39)32-20-13-10-16-37(28(20)40)17-22-33-25-24(19-11-6-5-7-12-19)30-18-31-26(25)34-22/h9-10,13,15-16,18-19,21H,5-8,11-12,14,17H2,1-4H3,(H,32,39)(H,30,31,33,34)/b15-9+/t21-/m0/s1. The zero-order chi connectivity index (χ0) is 30.2. The average molecular weight is 579 g/mol. The van der Waals surface area contributed by atoms with Gasteiger partial charge in [0.1, 0.15) is 23.4 Å². The fraction of sp³-hybridized carbons (Fsp3) is 0.483. The molecule has 13 heteroatoms. The van der Waals surface area contributed by atoms with Crippen molar-refractivity contribution in [3.05, 3.63) is 58.7 Å². The molecule has 42 heavy (non-hydrogen) atoms. The van der Waals surface area contributed by atoms with Gasteiger partial charge in [-0.15, -0.1) is 0 Å². The zero-order valence-electron chi connectivity index (χ0n) is 24.5. The lowest BCUT2D eigenvalue weighted by molar-refractivity contribution is -0.125. The van der Waals surface area contributed by atoms with Crippen molar-refractivity contribution in [1.82, 2.24) is 34.3 Å². The first-order chi connectivity index (χ1) is 20.1. The maximum atomic E-state index is 13.3. The zero-order valence-corrected chi connectivity index (χ0v) is 24.5. The SMILES string of the molecule is CN(C)C(=O)/C=C/CC[C@H](OC(=O)N(C)C)C(=O)Nc1cccn(Cc2nc3c(C4CCCCC4)ncnc3[nH]2)c1=O. The average Bonchev–Trinajstić information content (AvgIpc) is 3.39. The molecule has 2 N–H and O–H groups in total. The molecule has 1 aliphatic carbocycles. The number of nitrogens with one attached hydrogen (secondary N) is 2. The highest BCUT2D eigenvalue weighted by atomic mass is 16.6. The lowest BCUT2D eigenvalue weighted by atomic mass is 9.86. The molecule has 3 aromatic heterocycles. The number of hydrogen-bond acceptors (Lipinski definition) is 8. The molecule has 0 spiro atoms. The molecule has 0 unspecified atom stereocenters. The normalized spacial score (nSPS) is 14.6. The van der Waals surface area contributed by atoms with Crippen LogP contribution in [0.1, 0.15) is 62.4 Å². The van der Waals surface area contributed by atoms with Gasteiger partial charge in [-0.3, -0.25) is 14.4 Å². The van der Waals surface area contributed by atoms with E-state index in [0.29, 0.717) is 23.8 Å². The number of anilines is 1. The number of likely N-dealkylation sites (N-methyl/N-ethyl adjacent to an activating group) is 1. The van der Waals surface area contributed by atoms with Crippen LogP contribution in [0, 0.1) is 0 Å². The van der Waals surface area contributed by atoms with Gasteiger partial charge in [-0.2, -0.15) is 0 Å². The summed E-state index contributed by atoms with van der Waals surface area (Å²) < 4.78 is 6.80. The summed E-state index contributed by atoms with van der Waals surface area (Å²) in [6, 6.07) is 3.13. The Kier molecular flexibility index (Phi) is 10.0. The Morgan fingerprint density at radius 3 is 2.62 bits per heavy atom. The number of pyridine rings is 1. The number of aromatic nitrogens is 5. The Balaban J connectivity index is 1.49. The molecular weight excluding hydrogens is 540 g/mol. The van der Waals surface area contributed by atoms with Crippen molar-refractivity contribution in [2.75, 3.05) is 33.5 Å². The van der Waals surface area contributed by atoms with Crippen molar-refractivity contribution in [2.24, 2.45) is 0 Å². The Morgan fingerprint density at radius 2 is 1.90 bits per heavy atom. The molecule has 0 radical (unpaired) electrons. The van der Waals surface area contributed by atoms with Crippen LogP contribution in [0.2, 0.25) is 0 Å². The molecule has 3 amide bonds. The van der Waals surface area contributed by atoms with Crippen LogP contribution < -0.4 is 10.9 Å². The number of carbonyl (C=O) groups is 3. The Hall–Kier alpha value is -4.55. The molecular formula is C29H38N8O5. The van der Waals surface area contributed by atoms with Gasteiger partial charge in [-0.25, -0.2) is 19.7 Å². The summed E-state index contributed by atoms with van der Waals surface area (Å²) in [5.41, 5.74) is 1.88. The third-order valence-electron chi connectivity index (χ3n) is 7.15. The summed E-state index contributed by atoms with van der Waals surface area (Å²) in [5.74, 6) is 0.0431. The fourth-order valence-corrected chi connectivity index (χ4v) is 4.83. The van der Waals surface area contributed by atoms with Crippen LogP contribution in [0.5, 0.6) is 0 Å². The molecule has 0 saturated heterocycles. The summed E-state index contributed by atoms with van der Waals surface area (Å²) in [6.45, 7) is 0.132. The number of aromatic amines is 1. The van der Waals surface area contributed by atoms with E-state index in [2.05, 4.69) is 20.3 Å². The van der Waals surface area contributed by atoms with Gasteiger partial charge in [0.15, 0.2) is 11.8 Å². The van der Waals surface area contributed by atoms with E-state index in [1.807, 2.05) is 0 Å². The molecule has 224 valence electrons. The Bertz CT molecular complexity index is 1500. The molecule has 4 rings (SSSR count). The Labute approximate surface area is 244 Å². The van der Waals surface area contributed by atoms with Gasteiger partial charge >= 0.3 is 6.09 Å². The van der Waals surface area contributed by atoms with Gasteiger partial charge in [0.25, 0.3) is 11.5 Å². The highest BCUT2D eigenvalue weighted by Crippen LogP contribution is 2.33. The van der Waals surface area contributed by atoms with E-state index in [9.17, 15) is 19.2 Å². The first kappa shape index (κ1) is 30.4. The second-order valence-corrected chi connectivity index (χ2v) is 10.8. The number of ether oxygens (including phenoxy) is 1. The van der Waals surface area contributed by atoms with E-state index in [0.717, 1.165) is 24.1 Å². The van der Waals surface area contributed by atoms with Crippen LogP contribution in [-0.4, -0.2) is 86.5 Å². The molecule has 1 fully saturated rings. The molecule has 3 aromatic rings. The van der Waals surface area contributed by atoms with Crippen molar-refractivity contribution in [2.45, 2.75) is 63.5 Å². The predicted octanol–water partition coefficient (Wildman–Crippen LogP) is 3.04. The molecule has 1 atom stereocenters. The number of H-pyrrole nitrogens is 1. The smallest absolute Gasteiger partial charge is 0.410 e. The number of imidazole rings is 1. The van der Waals surface area contributed by atoms with Gasteiger partial charge < -0.3 is 29.4 Å². The maximum absolute atomic E-state index is 13.3. The summed E-state index contributed by atoms with van der Waals surface area (Å²) in [6.07, 6.45) is 10.4. The fourth-order valence-electron chi connectivity index (χ4n) is 4.83. The molecule has 0 aromatic carbocycles. The first-order valence-corrected chi connectivity index (χ1v) is 14.1. The summed E-state index contributed by atoms with van der Waals surface area (Å²) in [5, 5.41) is 2.61. The van der Waals surface area contributed by atoms with E-state index < -0.39 is 23.7 Å². The highest BCUT2D eigenvalue weighted by Gasteiger charge is 2.25. The van der Waals surface area contributed by atoms with Gasteiger partial charge in [0.2, 0.25) is 5.91 Å². The van der Waals surface area contributed by atoms with Gasteiger partial charge in [0.05, 0.1) is 12.2 Å². The van der Waals surface area contributed by atoms with Crippen molar-refractivity contribution >= 4 is 34.8 Å². The minimum absolute atomic E-state index is 0.0329. The third-order valence-corrected chi connectivity index (χ3v) is 7.15. The number of hydrogen-bond donors (Lipinski definition) is 2. The number of allylic oxidation sites excluding steroid dienone is 1. The molecule has 13 nitrogen and oxygen atoms in total. The number of fused-ring (bicyclic) bond motifs is 1. The van der Waals surface area contributed by atoms with Crippen molar-refractivity contribution < 1.29 is 19.1 Å². The minimum Gasteiger partial charge on any atom is -0.436 e. The predicted molar refractivity (Wildman–Crippen MR) is 157 cm³/mol. The maximum Gasteiger partial charge on any atom is 0.410 e. The summed E-state index contributed by atoms with van der Waals surface area (Å²) in [4.78, 5) is 69.9. The highest BCUT2D eigenvalue weighted by molar-refractivity contribution is 5.95. The van der Waals surface area contributed by atoms with Gasteiger partial charge in [-0.1, -0.05) is 25.3 Å². The Morgan fingerprint density at radius 1 is 1.14 bits per heavy atom. The van der Waals surface area contributed by atoms with E-state index in [4.69, 9.17) is 9.72 Å². The minimum atomic E-state index is -1.18. The van der Waals surface area contributed by atoms with Crippen molar-refractivity contribution in [3.8, 4) is 0 Å². The third kappa shape index (κ3) is 7.59. The number of nitrogens with zero attached hydrogens (tertiary/aromatic N) is 6. The van der Waals surface area contributed by atoms with Crippen molar-refractivity contribution in [3.63, 3.8) is 0 Å². The topological polar surface area (TPSA) is 155 Å². The molecule has 3 heterocycles. The van der Waals surface area contributed by atoms with Crippen LogP contribution in [0.15, 0.2) is 41.6 Å². The quantitative estimate of drug-likeness (QED) is 0.348. The van der Waals surface area contributed by atoms with Crippen LogP contribution >= 0.6 is 0 Å². The first-order valence-electron chi connectivity index (χ1n) is 14.1. The van der Waals surface area contributed by atoms with Crippen LogP contribution in [0.25, 0.3) is 11.2 Å². The van der Waals surface area contributed by atoms with Crippen LogP contribution in [0.3, 0.4) is 0 Å². The van der Waals surface area contributed by atoms with E-state index in [1.165, 1.54) is 59.9 Å². The molecule has 1 saturated carbocycles. The van der Waals surface area contributed by atoms with Crippen LogP contribution in [0.4, 0.5) is 10.5 Å². The largest absolute Gasteiger partial charge is 0.436 e. The molecule has 1 aliphatic rings. The molecule has 0 bridgehead atoms. The summed E-state index contributed by atoms with van der Waals surface area (Å²) >= 11 is 0. The second-order valence-electron chi connectivity index (χ2n) is 10.8. The van der Waals surface area contributed by atoms with E-state index in [-0.39, 0.29) is 24.6 Å². The van der Waals surface area contributed by atoms with Gasteiger partial charge in [0, 0.05) is 40.3 Å². The summed E-state index contributed by atoms with van der Waals surface area (Å²) in [7, 11) is 6.27. The van der Waals surface area contributed by atoms with Crippen molar-refractivity contribution in [1.29, 1.82) is 0 Å². The monoisotopic (exact) mass is 578 g/mol. The van der Waals surface area contributed by atoms with Gasteiger partial charge in [-0.05, 0) is 43.9 Å². The lowest BCUT2D eigenvalue weighted by Gasteiger charge is -2.20. The number of amides is 3. The van der Waals surface area contributed by atoms with E-state index in [1.54, 1.807) is 38.8 Å². The lowest BCUT2D eigenvalue weighted by Crippen LogP contribution is -2.37. The van der Waals surface area contributed by atoms with Crippen LogP contribution in [-0.2, 0) is 20.9 Å². The number of carbonyl (C=O) groups excluding carboxylic acids is 3. The number of rotatable bonds is 10. The van der Waals surface area contributed by atoms with E-state index >= 15 is 0 Å².